The largest absolute Gasteiger partial charge is 0.493 e. The molecule has 24 heavy (non-hydrogen) atoms. The van der Waals surface area contributed by atoms with Crippen molar-refractivity contribution in [3.05, 3.63) is 65.2 Å². The Bertz CT molecular complexity index is 749. The minimum absolute atomic E-state index is 0.0320. The zero-order valence-electron chi connectivity index (χ0n) is 13.1. The Kier molecular flexibility index (Phi) is 4.93. The van der Waals surface area contributed by atoms with E-state index in [-0.39, 0.29) is 25.0 Å². The Morgan fingerprint density at radius 2 is 2.04 bits per heavy atom. The van der Waals surface area contributed by atoms with E-state index >= 15 is 0 Å². The average Bonchev–Trinajstić information content (AvgIpc) is 2.59. The van der Waals surface area contributed by atoms with Crippen molar-refractivity contribution in [2.24, 2.45) is 10.7 Å². The van der Waals surface area contributed by atoms with E-state index in [2.05, 4.69) is 10.3 Å². The Balaban J connectivity index is 1.60. The number of nitrogens with one attached hydrogen (secondary N) is 1. The molecule has 126 valence electrons. The molecule has 0 fully saturated rings. The highest BCUT2D eigenvalue weighted by Crippen LogP contribution is 2.31. The van der Waals surface area contributed by atoms with Gasteiger partial charge in [0, 0.05) is 18.5 Å². The lowest BCUT2D eigenvalue weighted by Crippen LogP contribution is -2.37. The summed E-state index contributed by atoms with van der Waals surface area (Å²) in [6.45, 7) is 0.889. The highest BCUT2D eigenvalue weighted by Gasteiger charge is 2.21. The Hall–Kier alpha value is -2.63. The summed E-state index contributed by atoms with van der Waals surface area (Å²) in [4.78, 5) is 4.21. The van der Waals surface area contributed by atoms with Gasteiger partial charge in [0.2, 0.25) is 0 Å². The fraction of sp³-hybridized carbons (Fsp3) is 0.278. The number of nitrogens with two attached hydrogens (primary N) is 1. The molecule has 0 radical (unpaired) electrons. The summed E-state index contributed by atoms with van der Waals surface area (Å²) in [5.41, 5.74) is 7.26. The molecule has 1 heterocycles. The molecular weight excluding hydrogens is 312 g/mol. The number of benzene rings is 2. The van der Waals surface area contributed by atoms with Crippen molar-refractivity contribution in [1.29, 1.82) is 0 Å². The van der Waals surface area contributed by atoms with Crippen LogP contribution in [0.1, 0.15) is 23.6 Å². The van der Waals surface area contributed by atoms with Crippen molar-refractivity contribution in [3.8, 4) is 5.75 Å². The molecule has 6 heteroatoms. The van der Waals surface area contributed by atoms with E-state index < -0.39 is 11.6 Å². The minimum atomic E-state index is -0.846. The maximum Gasteiger partial charge on any atom is 0.189 e. The topological polar surface area (TPSA) is 59.6 Å². The number of fused-ring (bicyclic) bond motifs is 1. The minimum Gasteiger partial charge on any atom is -0.493 e. The van der Waals surface area contributed by atoms with E-state index in [4.69, 9.17) is 10.5 Å². The summed E-state index contributed by atoms with van der Waals surface area (Å²) in [5, 5.41) is 3.17. The van der Waals surface area contributed by atoms with Crippen molar-refractivity contribution in [2.45, 2.75) is 18.9 Å². The third kappa shape index (κ3) is 3.64. The maximum atomic E-state index is 13.6. The molecule has 1 aliphatic rings. The third-order valence-electron chi connectivity index (χ3n) is 3.98. The van der Waals surface area contributed by atoms with E-state index in [1.807, 2.05) is 24.3 Å². The predicted octanol–water partition coefficient (Wildman–Crippen LogP) is 2.94. The first kappa shape index (κ1) is 16.2. The molecule has 4 nitrogen and oxygen atoms in total. The molecule has 1 aliphatic heterocycles. The van der Waals surface area contributed by atoms with Crippen LogP contribution in [0.4, 0.5) is 8.78 Å². The standard InChI is InChI=1S/C18H19F2N3O/c19-14-6-3-4-12(17(14)20)8-10-22-18(21)23-15-9-11-24-16-7-2-1-5-13(15)16/h1-7,15H,8-11H2,(H3,21,22,23). The maximum absolute atomic E-state index is 13.6. The van der Waals surface area contributed by atoms with Crippen LogP contribution in [0, 0.1) is 11.6 Å². The Labute approximate surface area is 139 Å². The summed E-state index contributed by atoms with van der Waals surface area (Å²) >= 11 is 0. The van der Waals surface area contributed by atoms with Gasteiger partial charge in [-0.05, 0) is 24.1 Å². The Morgan fingerprint density at radius 3 is 2.92 bits per heavy atom. The van der Waals surface area contributed by atoms with Gasteiger partial charge in [-0.1, -0.05) is 30.3 Å². The molecular formula is C18H19F2N3O. The summed E-state index contributed by atoms with van der Waals surface area (Å²) in [7, 11) is 0. The number of ether oxygens (including phenoxy) is 1. The highest BCUT2D eigenvalue weighted by molar-refractivity contribution is 5.78. The zero-order chi connectivity index (χ0) is 16.9. The van der Waals surface area contributed by atoms with Crippen LogP contribution >= 0.6 is 0 Å². The van der Waals surface area contributed by atoms with Gasteiger partial charge in [0.15, 0.2) is 17.6 Å². The summed E-state index contributed by atoms with van der Waals surface area (Å²) in [6, 6.07) is 11.9. The summed E-state index contributed by atoms with van der Waals surface area (Å²) in [5.74, 6) is -0.539. The molecule has 2 aromatic carbocycles. The fourth-order valence-corrected chi connectivity index (χ4v) is 2.75. The van der Waals surface area contributed by atoms with Crippen LogP contribution < -0.4 is 15.8 Å². The van der Waals surface area contributed by atoms with Gasteiger partial charge in [0.1, 0.15) is 5.75 Å². The van der Waals surface area contributed by atoms with E-state index in [1.165, 1.54) is 6.07 Å². The second kappa shape index (κ2) is 7.29. The molecule has 1 atom stereocenters. The number of rotatable bonds is 4. The van der Waals surface area contributed by atoms with Gasteiger partial charge in [0.05, 0.1) is 12.6 Å². The van der Waals surface area contributed by atoms with Gasteiger partial charge >= 0.3 is 0 Å². The SMILES string of the molecule is NC(=NCCc1cccc(F)c1F)NC1CCOc2ccccc21. The number of para-hydroxylation sites is 1. The van der Waals surface area contributed by atoms with Crippen LogP contribution in [0.2, 0.25) is 0 Å². The first-order valence-electron chi connectivity index (χ1n) is 7.86. The number of nitrogens with zero attached hydrogens (tertiary/aromatic N) is 1. The van der Waals surface area contributed by atoms with Gasteiger partial charge in [-0.15, -0.1) is 0 Å². The number of halogens is 2. The number of hydrogen-bond acceptors (Lipinski definition) is 2. The van der Waals surface area contributed by atoms with Crippen LogP contribution in [-0.4, -0.2) is 19.1 Å². The van der Waals surface area contributed by atoms with Crippen molar-refractivity contribution in [3.63, 3.8) is 0 Å². The lowest BCUT2D eigenvalue weighted by molar-refractivity contribution is 0.262. The molecule has 0 amide bonds. The quantitative estimate of drug-likeness (QED) is 0.669. The van der Waals surface area contributed by atoms with Crippen LogP contribution in [-0.2, 0) is 6.42 Å². The van der Waals surface area contributed by atoms with Crippen molar-refractivity contribution < 1.29 is 13.5 Å². The Morgan fingerprint density at radius 1 is 1.21 bits per heavy atom. The highest BCUT2D eigenvalue weighted by atomic mass is 19.2. The fourth-order valence-electron chi connectivity index (χ4n) is 2.75. The molecule has 0 aromatic heterocycles. The second-order valence-electron chi connectivity index (χ2n) is 5.60. The molecule has 0 bridgehead atoms. The van der Waals surface area contributed by atoms with Gasteiger partial charge in [-0.25, -0.2) is 8.78 Å². The predicted molar refractivity (Wildman–Crippen MR) is 89.0 cm³/mol. The third-order valence-corrected chi connectivity index (χ3v) is 3.98. The number of hydrogen-bond donors (Lipinski definition) is 2. The van der Waals surface area contributed by atoms with Crippen molar-refractivity contribution in [2.75, 3.05) is 13.2 Å². The van der Waals surface area contributed by atoms with Gasteiger partial charge in [0.25, 0.3) is 0 Å². The monoisotopic (exact) mass is 331 g/mol. The lowest BCUT2D eigenvalue weighted by atomic mass is 10.0. The number of guanidine groups is 1. The zero-order valence-corrected chi connectivity index (χ0v) is 13.1. The molecule has 3 N–H and O–H groups in total. The molecule has 0 aliphatic carbocycles. The molecule has 2 aromatic rings. The van der Waals surface area contributed by atoms with E-state index in [0.29, 0.717) is 12.2 Å². The van der Waals surface area contributed by atoms with Gasteiger partial charge in [-0.2, -0.15) is 0 Å². The normalized spacial score (nSPS) is 17.1. The van der Waals surface area contributed by atoms with E-state index in [0.717, 1.165) is 23.8 Å². The molecule has 0 saturated heterocycles. The molecule has 3 rings (SSSR count). The first-order valence-corrected chi connectivity index (χ1v) is 7.86. The number of aliphatic imine (C=N–C) groups is 1. The summed E-state index contributed by atoms with van der Waals surface area (Å²) in [6.07, 6.45) is 1.07. The molecule has 1 unspecified atom stereocenters. The van der Waals surface area contributed by atoms with Crippen molar-refractivity contribution >= 4 is 5.96 Å². The van der Waals surface area contributed by atoms with Crippen LogP contribution in [0.25, 0.3) is 0 Å². The van der Waals surface area contributed by atoms with Crippen LogP contribution in [0.5, 0.6) is 5.75 Å². The first-order chi connectivity index (χ1) is 11.6. The molecule has 0 saturated carbocycles. The van der Waals surface area contributed by atoms with Crippen LogP contribution in [0.15, 0.2) is 47.5 Å². The average molecular weight is 331 g/mol. The summed E-state index contributed by atoms with van der Waals surface area (Å²) < 4.78 is 32.3. The smallest absolute Gasteiger partial charge is 0.189 e. The lowest BCUT2D eigenvalue weighted by Gasteiger charge is -2.26. The van der Waals surface area contributed by atoms with Gasteiger partial charge < -0.3 is 15.8 Å². The van der Waals surface area contributed by atoms with Crippen LogP contribution in [0.3, 0.4) is 0 Å². The van der Waals surface area contributed by atoms with E-state index in [9.17, 15) is 8.78 Å². The van der Waals surface area contributed by atoms with Crippen molar-refractivity contribution in [1.82, 2.24) is 5.32 Å². The molecule has 0 spiro atoms. The second-order valence-corrected chi connectivity index (χ2v) is 5.60. The van der Waals surface area contributed by atoms with Gasteiger partial charge in [-0.3, -0.25) is 4.99 Å². The van der Waals surface area contributed by atoms with E-state index in [1.54, 1.807) is 6.07 Å².